The van der Waals surface area contributed by atoms with Gasteiger partial charge in [-0.15, -0.1) is 0 Å². The molecule has 0 radical (unpaired) electrons. The number of aromatic nitrogens is 2. The Balaban J connectivity index is 1.70. The smallest absolute Gasteiger partial charge is 0.289 e. The van der Waals surface area contributed by atoms with E-state index in [1.807, 2.05) is 42.3 Å². The number of likely N-dealkylation sites (tertiary alicyclic amines) is 1. The zero-order valence-corrected chi connectivity index (χ0v) is 14.1. The van der Waals surface area contributed by atoms with Gasteiger partial charge >= 0.3 is 0 Å². The molecule has 3 rings (SSSR count). The van der Waals surface area contributed by atoms with Crippen LogP contribution in [-0.2, 0) is 11.8 Å². The minimum absolute atomic E-state index is 0.0664. The Labute approximate surface area is 142 Å². The van der Waals surface area contributed by atoms with Crippen molar-refractivity contribution in [2.24, 2.45) is 7.05 Å². The Morgan fingerprint density at radius 2 is 2.12 bits per heavy atom. The number of para-hydroxylation sites is 1. The summed E-state index contributed by atoms with van der Waals surface area (Å²) in [6, 6.07) is 9.66. The summed E-state index contributed by atoms with van der Waals surface area (Å²) in [6.07, 6.45) is 5.15. The summed E-state index contributed by atoms with van der Waals surface area (Å²) in [7, 11) is 3.51. The number of piperidine rings is 1. The molecule has 2 heterocycles. The molecule has 128 valence electrons. The van der Waals surface area contributed by atoms with E-state index in [9.17, 15) is 4.79 Å². The Morgan fingerprint density at radius 3 is 2.79 bits per heavy atom. The molecular formula is C18H23N3O3. The second kappa shape index (κ2) is 7.05. The van der Waals surface area contributed by atoms with Crippen molar-refractivity contribution in [2.75, 3.05) is 26.8 Å². The molecule has 1 amide bonds. The lowest BCUT2D eigenvalue weighted by Crippen LogP contribution is -2.54. The van der Waals surface area contributed by atoms with E-state index in [0.717, 1.165) is 18.6 Å². The van der Waals surface area contributed by atoms with E-state index in [4.69, 9.17) is 9.47 Å². The van der Waals surface area contributed by atoms with E-state index in [1.54, 1.807) is 24.1 Å². The highest BCUT2D eigenvalue weighted by atomic mass is 16.5. The minimum Gasteiger partial charge on any atom is -0.491 e. The largest absolute Gasteiger partial charge is 0.491 e. The number of rotatable bonds is 5. The molecule has 2 aromatic rings. The van der Waals surface area contributed by atoms with Gasteiger partial charge in [0, 0.05) is 33.1 Å². The molecule has 1 saturated heterocycles. The van der Waals surface area contributed by atoms with Crippen LogP contribution in [0.15, 0.2) is 42.7 Å². The molecule has 0 aliphatic carbocycles. The lowest BCUT2D eigenvalue weighted by atomic mass is 9.93. The summed E-state index contributed by atoms with van der Waals surface area (Å²) in [5, 5.41) is 0. The van der Waals surface area contributed by atoms with Crippen molar-refractivity contribution in [3.8, 4) is 5.75 Å². The average molecular weight is 329 g/mol. The van der Waals surface area contributed by atoms with Crippen LogP contribution >= 0.6 is 0 Å². The van der Waals surface area contributed by atoms with Crippen molar-refractivity contribution in [3.63, 3.8) is 0 Å². The number of aryl methyl sites for hydroxylation is 1. The topological polar surface area (TPSA) is 56.6 Å². The van der Waals surface area contributed by atoms with Crippen LogP contribution in [0, 0.1) is 0 Å². The van der Waals surface area contributed by atoms with Gasteiger partial charge in [0.05, 0.1) is 6.54 Å². The van der Waals surface area contributed by atoms with Gasteiger partial charge in [-0.3, -0.25) is 4.79 Å². The maximum Gasteiger partial charge on any atom is 0.289 e. The molecular weight excluding hydrogens is 306 g/mol. The Hall–Kier alpha value is -2.34. The van der Waals surface area contributed by atoms with E-state index in [2.05, 4.69) is 4.98 Å². The summed E-state index contributed by atoms with van der Waals surface area (Å²) in [5.41, 5.74) is -0.491. The summed E-state index contributed by atoms with van der Waals surface area (Å²) in [4.78, 5) is 18.7. The van der Waals surface area contributed by atoms with E-state index < -0.39 is 5.60 Å². The number of carbonyl (C=O) groups excluding carboxylic acids is 1. The van der Waals surface area contributed by atoms with Crippen LogP contribution in [0.3, 0.4) is 0 Å². The second-order valence-corrected chi connectivity index (χ2v) is 6.18. The summed E-state index contributed by atoms with van der Waals surface area (Å²) in [5.74, 6) is 1.19. The van der Waals surface area contributed by atoms with Crippen LogP contribution in [0.2, 0.25) is 0 Å². The molecule has 1 fully saturated rings. The van der Waals surface area contributed by atoms with Crippen molar-refractivity contribution in [1.29, 1.82) is 0 Å². The van der Waals surface area contributed by atoms with Crippen LogP contribution in [-0.4, -0.2) is 52.8 Å². The lowest BCUT2D eigenvalue weighted by Gasteiger charge is -2.41. The highest BCUT2D eigenvalue weighted by Crippen LogP contribution is 2.27. The van der Waals surface area contributed by atoms with Crippen molar-refractivity contribution >= 4 is 5.91 Å². The lowest BCUT2D eigenvalue weighted by molar-refractivity contribution is -0.0826. The van der Waals surface area contributed by atoms with Crippen molar-refractivity contribution in [1.82, 2.24) is 14.5 Å². The maximum atomic E-state index is 12.7. The van der Waals surface area contributed by atoms with Gasteiger partial charge in [-0.05, 0) is 25.0 Å². The van der Waals surface area contributed by atoms with Crippen LogP contribution in [0.5, 0.6) is 5.75 Å². The van der Waals surface area contributed by atoms with Gasteiger partial charge in [-0.2, -0.15) is 0 Å². The molecule has 6 nitrogen and oxygen atoms in total. The van der Waals surface area contributed by atoms with E-state index >= 15 is 0 Å². The Morgan fingerprint density at radius 1 is 1.33 bits per heavy atom. The summed E-state index contributed by atoms with van der Waals surface area (Å²) >= 11 is 0. The van der Waals surface area contributed by atoms with Crippen molar-refractivity contribution < 1.29 is 14.3 Å². The van der Waals surface area contributed by atoms with Gasteiger partial charge in [0.15, 0.2) is 5.82 Å². The first kappa shape index (κ1) is 16.5. The number of hydrogen-bond acceptors (Lipinski definition) is 4. The number of nitrogens with zero attached hydrogens (tertiary/aromatic N) is 3. The monoisotopic (exact) mass is 329 g/mol. The quantitative estimate of drug-likeness (QED) is 0.843. The molecule has 1 aromatic carbocycles. The number of methoxy groups -OCH3 is 1. The van der Waals surface area contributed by atoms with Gasteiger partial charge in [-0.1, -0.05) is 18.2 Å². The number of amides is 1. The maximum absolute atomic E-state index is 12.7. The Kier molecular flexibility index (Phi) is 4.85. The normalized spacial score (nSPS) is 20.8. The fraction of sp³-hybridized carbons (Fsp3) is 0.444. The van der Waals surface area contributed by atoms with Gasteiger partial charge in [0.2, 0.25) is 0 Å². The first-order valence-electron chi connectivity index (χ1n) is 8.13. The van der Waals surface area contributed by atoms with Crippen molar-refractivity contribution in [2.45, 2.75) is 18.4 Å². The van der Waals surface area contributed by atoms with Crippen LogP contribution in [0.25, 0.3) is 0 Å². The number of benzene rings is 1. The molecule has 0 saturated carbocycles. The van der Waals surface area contributed by atoms with Gasteiger partial charge in [0.1, 0.15) is 18.0 Å². The van der Waals surface area contributed by atoms with Gasteiger partial charge in [0.25, 0.3) is 5.91 Å². The summed E-state index contributed by atoms with van der Waals surface area (Å²) in [6.45, 7) is 1.63. The van der Waals surface area contributed by atoms with E-state index in [0.29, 0.717) is 25.5 Å². The molecule has 1 aromatic heterocycles. The van der Waals surface area contributed by atoms with Gasteiger partial charge < -0.3 is 18.9 Å². The molecule has 0 N–H and O–H groups in total. The third-order valence-corrected chi connectivity index (χ3v) is 4.52. The minimum atomic E-state index is -0.491. The molecule has 0 bridgehead atoms. The van der Waals surface area contributed by atoms with Crippen molar-refractivity contribution in [3.05, 3.63) is 48.5 Å². The first-order chi connectivity index (χ1) is 11.6. The van der Waals surface area contributed by atoms with E-state index in [1.165, 1.54) is 0 Å². The zero-order chi connectivity index (χ0) is 17.0. The summed E-state index contributed by atoms with van der Waals surface area (Å²) < 4.78 is 13.4. The number of carbonyl (C=O) groups is 1. The predicted octanol–water partition coefficient (Wildman–Crippen LogP) is 2.12. The number of ether oxygens (including phenoxy) is 2. The van der Waals surface area contributed by atoms with E-state index in [-0.39, 0.29) is 5.91 Å². The standard InChI is InChI=1S/C18H23N3O3/c1-20-12-10-19-16(20)17(22)21-11-6-9-18(13-21,23-2)14-24-15-7-4-3-5-8-15/h3-5,7-8,10,12H,6,9,11,13-14H2,1-2H3/t18-/m1/s1. The molecule has 0 unspecified atom stereocenters. The number of imidazole rings is 1. The molecule has 1 atom stereocenters. The molecule has 1 aliphatic heterocycles. The van der Waals surface area contributed by atoms with Crippen LogP contribution in [0.4, 0.5) is 0 Å². The Bertz CT molecular complexity index is 686. The molecule has 6 heteroatoms. The fourth-order valence-corrected chi connectivity index (χ4v) is 3.06. The molecule has 24 heavy (non-hydrogen) atoms. The van der Waals surface area contributed by atoms with Gasteiger partial charge in [-0.25, -0.2) is 4.98 Å². The highest BCUT2D eigenvalue weighted by Gasteiger charge is 2.39. The molecule has 1 aliphatic rings. The third-order valence-electron chi connectivity index (χ3n) is 4.52. The number of hydrogen-bond donors (Lipinski definition) is 0. The SMILES string of the molecule is CO[C@]1(COc2ccccc2)CCCN(C(=O)c2nccn2C)C1. The van der Waals surface area contributed by atoms with Crippen LogP contribution < -0.4 is 4.74 Å². The zero-order valence-electron chi connectivity index (χ0n) is 14.1. The van der Waals surface area contributed by atoms with Crippen LogP contribution in [0.1, 0.15) is 23.5 Å². The second-order valence-electron chi connectivity index (χ2n) is 6.18. The highest BCUT2D eigenvalue weighted by molar-refractivity contribution is 5.91. The third kappa shape index (κ3) is 3.43. The first-order valence-corrected chi connectivity index (χ1v) is 8.13. The molecule has 0 spiro atoms. The average Bonchev–Trinajstić information content (AvgIpc) is 3.06. The predicted molar refractivity (Wildman–Crippen MR) is 90.0 cm³/mol. The fourth-order valence-electron chi connectivity index (χ4n) is 3.06.